The Bertz CT molecular complexity index is 1510. The lowest BCUT2D eigenvalue weighted by atomic mass is 10.1. The number of rotatable bonds is 11. The minimum Gasteiger partial charge on any atom is -0.493 e. The van der Waals surface area contributed by atoms with Crippen molar-refractivity contribution >= 4 is 28.7 Å². The summed E-state index contributed by atoms with van der Waals surface area (Å²) >= 11 is 0. The number of piperazine rings is 1. The summed E-state index contributed by atoms with van der Waals surface area (Å²) in [6, 6.07) is 13.4. The lowest BCUT2D eigenvalue weighted by Crippen LogP contribution is -2.54. The summed E-state index contributed by atoms with van der Waals surface area (Å²) in [5.74, 6) is 2.36. The summed E-state index contributed by atoms with van der Waals surface area (Å²) in [5, 5.41) is 28.2. The van der Waals surface area contributed by atoms with E-state index in [0.29, 0.717) is 67.6 Å². The largest absolute Gasteiger partial charge is 0.493 e. The van der Waals surface area contributed by atoms with Crippen molar-refractivity contribution in [3.05, 3.63) is 54.0 Å². The number of benzene rings is 2. The summed E-state index contributed by atoms with van der Waals surface area (Å²) in [6.45, 7) is 6.61. The van der Waals surface area contributed by atoms with Gasteiger partial charge in [-0.15, -0.1) is 10.2 Å². The fourth-order valence-corrected chi connectivity index (χ4v) is 4.80. The van der Waals surface area contributed by atoms with Gasteiger partial charge in [0.15, 0.2) is 17.3 Å². The average Bonchev–Trinajstić information content (AvgIpc) is 3.51. The van der Waals surface area contributed by atoms with E-state index in [9.17, 15) is 10.1 Å². The second-order valence-electron chi connectivity index (χ2n) is 9.63. The van der Waals surface area contributed by atoms with Gasteiger partial charge in [0, 0.05) is 50.2 Å². The number of amides is 1. The molecule has 0 unspecified atom stereocenters. The molecule has 1 saturated heterocycles. The fourth-order valence-electron chi connectivity index (χ4n) is 4.80. The van der Waals surface area contributed by atoms with Gasteiger partial charge < -0.3 is 19.1 Å². The third-order valence-corrected chi connectivity index (χ3v) is 6.67. The standard InChI is InChI=1S/C28H31N9O4/c1-19(2)41-22-6-4-21(5-7-22)37(18-38)36-11-9-35(10-12-36)28-20(16-29)17-30-24-15-26(25(39-3)14-23(24)28)40-13-8-27-31-33-34-32-27/h4-7,14-15,17-19H,8-13H2,1-3H3,(H,31,32,33,34). The van der Waals surface area contributed by atoms with Crippen LogP contribution in [0, 0.1) is 11.3 Å². The third kappa shape index (κ3) is 6.12. The van der Waals surface area contributed by atoms with Crippen LogP contribution in [0.15, 0.2) is 42.6 Å². The second-order valence-corrected chi connectivity index (χ2v) is 9.63. The van der Waals surface area contributed by atoms with Gasteiger partial charge in [-0.05, 0) is 44.2 Å². The smallest absolute Gasteiger partial charge is 0.228 e. The van der Waals surface area contributed by atoms with E-state index in [-0.39, 0.29) is 6.10 Å². The van der Waals surface area contributed by atoms with Crippen molar-refractivity contribution in [1.29, 1.82) is 5.26 Å². The number of methoxy groups -OCH3 is 1. The Morgan fingerprint density at radius 1 is 1.15 bits per heavy atom. The number of nitrogens with zero attached hydrogens (tertiary/aromatic N) is 8. The van der Waals surface area contributed by atoms with Crippen LogP contribution in [-0.4, -0.2) is 83.0 Å². The van der Waals surface area contributed by atoms with E-state index in [4.69, 9.17) is 14.2 Å². The van der Waals surface area contributed by atoms with Gasteiger partial charge in [0.2, 0.25) is 6.41 Å². The second kappa shape index (κ2) is 12.5. The van der Waals surface area contributed by atoms with Crippen LogP contribution in [0.25, 0.3) is 10.9 Å². The molecule has 0 aliphatic carbocycles. The summed E-state index contributed by atoms with van der Waals surface area (Å²) in [4.78, 5) is 18.8. The number of hydrogen-bond acceptors (Lipinski definition) is 11. The Kier molecular flexibility index (Phi) is 8.40. The maximum atomic E-state index is 12.1. The van der Waals surface area contributed by atoms with E-state index < -0.39 is 0 Å². The first kappa shape index (κ1) is 27.6. The van der Waals surface area contributed by atoms with Gasteiger partial charge in [-0.25, -0.2) is 10.0 Å². The van der Waals surface area contributed by atoms with Crippen LogP contribution in [0.5, 0.6) is 17.2 Å². The molecule has 1 aliphatic rings. The average molecular weight is 558 g/mol. The number of anilines is 2. The molecule has 1 N–H and O–H groups in total. The van der Waals surface area contributed by atoms with Crippen LogP contribution in [0.2, 0.25) is 0 Å². The van der Waals surface area contributed by atoms with E-state index in [1.807, 2.05) is 55.3 Å². The lowest BCUT2D eigenvalue weighted by Gasteiger charge is -2.40. The van der Waals surface area contributed by atoms with Gasteiger partial charge in [0.1, 0.15) is 11.8 Å². The summed E-state index contributed by atoms with van der Waals surface area (Å²) < 4.78 is 17.3. The Morgan fingerprint density at radius 2 is 1.93 bits per heavy atom. The molecule has 0 saturated carbocycles. The monoisotopic (exact) mass is 557 g/mol. The fraction of sp³-hybridized carbons (Fsp3) is 0.357. The highest BCUT2D eigenvalue weighted by atomic mass is 16.5. The van der Waals surface area contributed by atoms with Crippen molar-refractivity contribution in [2.45, 2.75) is 26.4 Å². The van der Waals surface area contributed by atoms with E-state index in [1.54, 1.807) is 18.3 Å². The van der Waals surface area contributed by atoms with E-state index in [2.05, 4.69) is 36.6 Å². The molecule has 4 aromatic rings. The zero-order valence-corrected chi connectivity index (χ0v) is 23.1. The summed E-state index contributed by atoms with van der Waals surface area (Å²) in [7, 11) is 1.57. The molecule has 13 heteroatoms. The number of ether oxygens (including phenoxy) is 3. The van der Waals surface area contributed by atoms with Crippen molar-refractivity contribution in [3.8, 4) is 23.3 Å². The highest BCUT2D eigenvalue weighted by Crippen LogP contribution is 2.38. The van der Waals surface area contributed by atoms with Crippen molar-refractivity contribution in [2.75, 3.05) is 49.8 Å². The molecule has 2 aromatic heterocycles. The van der Waals surface area contributed by atoms with Gasteiger partial charge in [-0.2, -0.15) is 10.5 Å². The van der Waals surface area contributed by atoms with Crippen molar-refractivity contribution in [2.24, 2.45) is 0 Å². The van der Waals surface area contributed by atoms with Crippen LogP contribution >= 0.6 is 0 Å². The number of tetrazole rings is 1. The van der Waals surface area contributed by atoms with Crippen molar-refractivity contribution < 1.29 is 19.0 Å². The maximum Gasteiger partial charge on any atom is 0.228 e. The van der Waals surface area contributed by atoms with Gasteiger partial charge in [0.25, 0.3) is 0 Å². The Morgan fingerprint density at radius 3 is 2.56 bits per heavy atom. The topological polar surface area (TPSA) is 146 Å². The van der Waals surface area contributed by atoms with Crippen molar-refractivity contribution in [1.82, 2.24) is 30.6 Å². The van der Waals surface area contributed by atoms with E-state index in [0.717, 1.165) is 28.9 Å². The first-order valence-electron chi connectivity index (χ1n) is 13.3. The molecule has 41 heavy (non-hydrogen) atoms. The van der Waals surface area contributed by atoms with Crippen LogP contribution < -0.4 is 24.1 Å². The minimum absolute atomic E-state index is 0.0699. The number of carbonyl (C=O) groups excluding carboxylic acids is 1. The molecule has 2 aromatic carbocycles. The predicted molar refractivity (Wildman–Crippen MR) is 151 cm³/mol. The lowest BCUT2D eigenvalue weighted by molar-refractivity contribution is -0.110. The highest BCUT2D eigenvalue weighted by molar-refractivity contribution is 5.96. The van der Waals surface area contributed by atoms with Gasteiger partial charge in [-0.3, -0.25) is 9.78 Å². The number of pyridine rings is 1. The van der Waals surface area contributed by atoms with E-state index in [1.165, 1.54) is 0 Å². The van der Waals surface area contributed by atoms with Crippen LogP contribution in [0.4, 0.5) is 11.4 Å². The molecule has 0 atom stereocenters. The summed E-state index contributed by atoms with van der Waals surface area (Å²) in [5.41, 5.74) is 2.68. The molecule has 1 aliphatic heterocycles. The number of aromatic nitrogens is 5. The van der Waals surface area contributed by atoms with Gasteiger partial charge >= 0.3 is 0 Å². The quantitative estimate of drug-likeness (QED) is 0.272. The number of carbonyl (C=O) groups is 1. The maximum absolute atomic E-state index is 12.1. The van der Waals surface area contributed by atoms with E-state index >= 15 is 0 Å². The minimum atomic E-state index is 0.0699. The molecule has 1 amide bonds. The number of nitriles is 1. The molecule has 0 radical (unpaired) electrons. The number of nitrogens with one attached hydrogen (secondary N) is 1. The Labute approximate surface area is 237 Å². The molecule has 3 heterocycles. The molecule has 212 valence electrons. The highest BCUT2D eigenvalue weighted by Gasteiger charge is 2.26. The van der Waals surface area contributed by atoms with Crippen LogP contribution in [-0.2, 0) is 11.2 Å². The van der Waals surface area contributed by atoms with Crippen molar-refractivity contribution in [3.63, 3.8) is 0 Å². The van der Waals surface area contributed by atoms with Gasteiger partial charge in [0.05, 0.1) is 42.3 Å². The number of hydrogen-bond donors (Lipinski definition) is 1. The molecule has 5 rings (SSSR count). The van der Waals surface area contributed by atoms with Gasteiger partial charge in [-0.1, -0.05) is 5.21 Å². The zero-order valence-electron chi connectivity index (χ0n) is 23.1. The number of H-pyrrole nitrogens is 1. The summed E-state index contributed by atoms with van der Waals surface area (Å²) in [6.07, 6.45) is 2.95. The first-order chi connectivity index (χ1) is 20.0. The first-order valence-corrected chi connectivity index (χ1v) is 13.3. The third-order valence-electron chi connectivity index (χ3n) is 6.67. The molecular weight excluding hydrogens is 526 g/mol. The van der Waals surface area contributed by atoms with Crippen LogP contribution in [0.1, 0.15) is 25.2 Å². The molecule has 0 bridgehead atoms. The van der Waals surface area contributed by atoms with Crippen LogP contribution in [0.3, 0.4) is 0 Å². The number of aromatic amines is 1. The predicted octanol–water partition coefficient (Wildman–Crippen LogP) is 2.74. The normalized spacial score (nSPS) is 13.7. The zero-order chi connectivity index (χ0) is 28.8. The SMILES string of the molecule is COc1cc2c(N3CCN(N(C=O)c4ccc(OC(C)C)cc4)CC3)c(C#N)cnc2cc1OCCc1nn[nH]n1. The Balaban J connectivity index is 1.34. The molecular formula is C28H31N9O4. The molecule has 13 nitrogen and oxygen atoms in total. The number of hydrazine groups is 1. The molecule has 1 fully saturated rings. The molecule has 0 spiro atoms. The number of fused-ring (bicyclic) bond motifs is 1. The Hall–Kier alpha value is -4.96.